The van der Waals surface area contributed by atoms with E-state index in [2.05, 4.69) is 29.4 Å². The summed E-state index contributed by atoms with van der Waals surface area (Å²) in [5.74, 6) is 0.364. The topological polar surface area (TPSA) is 96.9 Å². The van der Waals surface area contributed by atoms with Gasteiger partial charge in [-0.05, 0) is 48.6 Å². The molecule has 0 aliphatic rings. The SMILES string of the molecule is CCc1ccc([C@](C)(CC)OC(=O)NCc2ccc(C(N)=Nc3ccccc3O)cc2)cc1. The molecule has 0 aliphatic carbocycles. The van der Waals surface area contributed by atoms with Crippen LogP contribution >= 0.6 is 0 Å². The second-order valence-electron chi connectivity index (χ2n) is 8.06. The number of alkyl carbamates (subject to hydrolysis) is 1. The second-order valence-corrected chi connectivity index (χ2v) is 8.06. The van der Waals surface area contributed by atoms with E-state index in [0.717, 1.165) is 23.1 Å². The molecule has 0 aromatic heterocycles. The lowest BCUT2D eigenvalue weighted by Gasteiger charge is -2.29. The lowest BCUT2D eigenvalue weighted by Crippen LogP contribution is -2.34. The Labute approximate surface area is 195 Å². The number of rotatable bonds is 8. The Balaban J connectivity index is 1.60. The van der Waals surface area contributed by atoms with E-state index in [-0.39, 0.29) is 5.75 Å². The smallest absolute Gasteiger partial charge is 0.408 e. The van der Waals surface area contributed by atoms with Crippen LogP contribution in [0.4, 0.5) is 10.5 Å². The maximum absolute atomic E-state index is 12.5. The van der Waals surface area contributed by atoms with Gasteiger partial charge in [-0.25, -0.2) is 9.79 Å². The zero-order chi connectivity index (χ0) is 23.8. The van der Waals surface area contributed by atoms with Gasteiger partial charge in [-0.3, -0.25) is 0 Å². The Morgan fingerprint density at radius 3 is 2.24 bits per heavy atom. The van der Waals surface area contributed by atoms with Gasteiger partial charge in [0.2, 0.25) is 0 Å². The maximum atomic E-state index is 12.5. The zero-order valence-electron chi connectivity index (χ0n) is 19.3. The number of benzene rings is 3. The number of para-hydroxylation sites is 2. The molecule has 3 aromatic rings. The van der Waals surface area contributed by atoms with Crippen molar-refractivity contribution in [3.63, 3.8) is 0 Å². The molecule has 3 aromatic carbocycles. The van der Waals surface area contributed by atoms with Crippen molar-refractivity contribution in [2.75, 3.05) is 0 Å². The number of phenolic OH excluding ortho intramolecular Hbond substituents is 1. The van der Waals surface area contributed by atoms with Crippen LogP contribution in [0.5, 0.6) is 5.75 Å². The third-order valence-corrected chi connectivity index (χ3v) is 5.77. The molecule has 33 heavy (non-hydrogen) atoms. The first-order valence-electron chi connectivity index (χ1n) is 11.1. The highest BCUT2D eigenvalue weighted by molar-refractivity contribution is 5.99. The number of phenols is 1. The number of carbonyl (C=O) groups is 1. The van der Waals surface area contributed by atoms with Crippen LogP contribution < -0.4 is 11.1 Å². The standard InChI is InChI=1S/C27H31N3O3/c1-4-19-12-16-22(17-13-19)27(3,5-2)33-26(32)29-18-20-10-14-21(15-11-20)25(28)30-23-8-6-7-9-24(23)31/h6-17,31H,4-5,18H2,1-3H3,(H2,28,30)(H,29,32)/t27-/m0/s1. The van der Waals surface area contributed by atoms with Crippen LogP contribution in [0.2, 0.25) is 0 Å². The highest BCUT2D eigenvalue weighted by Crippen LogP contribution is 2.29. The quantitative estimate of drug-likeness (QED) is 0.313. The average Bonchev–Trinajstić information content (AvgIpc) is 2.84. The van der Waals surface area contributed by atoms with Crippen molar-refractivity contribution in [2.24, 2.45) is 10.7 Å². The number of amidine groups is 1. The van der Waals surface area contributed by atoms with Crippen molar-refractivity contribution in [1.82, 2.24) is 5.32 Å². The molecule has 0 aliphatic heterocycles. The summed E-state index contributed by atoms with van der Waals surface area (Å²) in [6.07, 6.45) is 1.16. The van der Waals surface area contributed by atoms with Gasteiger partial charge in [0.15, 0.2) is 0 Å². The molecule has 1 amide bonds. The summed E-state index contributed by atoms with van der Waals surface area (Å²) >= 11 is 0. The predicted octanol–water partition coefficient (Wildman–Crippen LogP) is 5.54. The number of ether oxygens (including phenoxy) is 1. The van der Waals surface area contributed by atoms with Crippen LogP contribution in [0.15, 0.2) is 77.8 Å². The highest BCUT2D eigenvalue weighted by Gasteiger charge is 2.29. The van der Waals surface area contributed by atoms with Gasteiger partial charge >= 0.3 is 6.09 Å². The Kier molecular flexibility index (Phi) is 7.72. The van der Waals surface area contributed by atoms with Crippen molar-refractivity contribution < 1.29 is 14.6 Å². The number of carbonyl (C=O) groups excluding carboxylic acids is 1. The fourth-order valence-corrected chi connectivity index (χ4v) is 3.39. The molecule has 0 bridgehead atoms. The number of nitrogens with two attached hydrogens (primary N) is 1. The van der Waals surface area contributed by atoms with Crippen LogP contribution in [0.1, 0.15) is 49.4 Å². The fourth-order valence-electron chi connectivity index (χ4n) is 3.39. The molecule has 3 rings (SSSR count). The molecule has 0 unspecified atom stereocenters. The number of nitrogens with zero attached hydrogens (tertiary/aromatic N) is 1. The van der Waals surface area contributed by atoms with E-state index in [1.165, 1.54) is 5.56 Å². The van der Waals surface area contributed by atoms with Crippen molar-refractivity contribution >= 4 is 17.6 Å². The molecule has 0 spiro atoms. The first-order valence-corrected chi connectivity index (χ1v) is 11.1. The van der Waals surface area contributed by atoms with Crippen LogP contribution in [-0.4, -0.2) is 17.0 Å². The predicted molar refractivity (Wildman–Crippen MR) is 132 cm³/mol. The van der Waals surface area contributed by atoms with Crippen LogP contribution in [0.25, 0.3) is 0 Å². The number of amides is 1. The summed E-state index contributed by atoms with van der Waals surface area (Å²) in [6.45, 7) is 6.36. The van der Waals surface area contributed by atoms with Gasteiger partial charge in [-0.2, -0.15) is 0 Å². The molecule has 172 valence electrons. The minimum Gasteiger partial charge on any atom is -0.506 e. The minimum atomic E-state index is -0.700. The number of aliphatic imine (C=N–C) groups is 1. The normalized spacial score (nSPS) is 13.2. The molecule has 4 N–H and O–H groups in total. The zero-order valence-corrected chi connectivity index (χ0v) is 19.3. The first kappa shape index (κ1) is 23.9. The molecule has 0 saturated heterocycles. The van der Waals surface area contributed by atoms with Crippen molar-refractivity contribution in [3.8, 4) is 5.75 Å². The largest absolute Gasteiger partial charge is 0.506 e. The fraction of sp³-hybridized carbons (Fsp3) is 0.259. The highest BCUT2D eigenvalue weighted by atomic mass is 16.6. The van der Waals surface area contributed by atoms with Crippen LogP contribution in [0.3, 0.4) is 0 Å². The molecule has 0 radical (unpaired) electrons. The summed E-state index contributed by atoms with van der Waals surface area (Å²) in [5.41, 5.74) is 9.62. The van der Waals surface area contributed by atoms with E-state index in [9.17, 15) is 9.90 Å². The third kappa shape index (κ3) is 6.13. The number of hydrogen-bond donors (Lipinski definition) is 3. The Hall–Kier alpha value is -3.80. The van der Waals surface area contributed by atoms with E-state index in [1.54, 1.807) is 24.3 Å². The summed E-state index contributed by atoms with van der Waals surface area (Å²) in [7, 11) is 0. The maximum Gasteiger partial charge on any atom is 0.408 e. The lowest BCUT2D eigenvalue weighted by molar-refractivity contribution is 0.0185. The molecule has 0 fully saturated rings. The van der Waals surface area contributed by atoms with E-state index >= 15 is 0 Å². The average molecular weight is 446 g/mol. The monoisotopic (exact) mass is 445 g/mol. The minimum absolute atomic E-state index is 0.0696. The van der Waals surface area contributed by atoms with E-state index in [4.69, 9.17) is 10.5 Å². The summed E-state index contributed by atoms with van der Waals surface area (Å²) in [4.78, 5) is 16.8. The van der Waals surface area contributed by atoms with E-state index in [0.29, 0.717) is 24.5 Å². The van der Waals surface area contributed by atoms with Crippen LogP contribution in [0, 0.1) is 0 Å². The van der Waals surface area contributed by atoms with Gasteiger partial charge in [-0.1, -0.05) is 74.5 Å². The van der Waals surface area contributed by atoms with Gasteiger partial charge < -0.3 is 20.9 Å². The van der Waals surface area contributed by atoms with Gasteiger partial charge in [0.25, 0.3) is 0 Å². The first-order chi connectivity index (χ1) is 15.8. The third-order valence-electron chi connectivity index (χ3n) is 5.77. The Morgan fingerprint density at radius 1 is 1.00 bits per heavy atom. The number of nitrogens with one attached hydrogen (secondary N) is 1. The van der Waals surface area contributed by atoms with E-state index in [1.807, 2.05) is 50.2 Å². The Morgan fingerprint density at radius 2 is 1.64 bits per heavy atom. The number of aryl methyl sites for hydroxylation is 1. The van der Waals surface area contributed by atoms with Gasteiger partial charge in [0.1, 0.15) is 22.9 Å². The van der Waals surface area contributed by atoms with Gasteiger partial charge in [0, 0.05) is 12.1 Å². The van der Waals surface area contributed by atoms with Crippen LogP contribution in [-0.2, 0) is 23.3 Å². The molecular formula is C27H31N3O3. The molecule has 1 atom stereocenters. The Bertz CT molecular complexity index is 1110. The molecule has 0 heterocycles. The lowest BCUT2D eigenvalue weighted by atomic mass is 9.92. The summed E-state index contributed by atoms with van der Waals surface area (Å²) < 4.78 is 5.80. The number of hydrogen-bond acceptors (Lipinski definition) is 4. The molecule has 6 nitrogen and oxygen atoms in total. The van der Waals surface area contributed by atoms with Gasteiger partial charge in [-0.15, -0.1) is 0 Å². The van der Waals surface area contributed by atoms with Crippen molar-refractivity contribution in [1.29, 1.82) is 0 Å². The van der Waals surface area contributed by atoms with Crippen molar-refractivity contribution in [3.05, 3.63) is 95.1 Å². The van der Waals surface area contributed by atoms with E-state index < -0.39 is 11.7 Å². The molecular weight excluding hydrogens is 414 g/mol. The number of aromatic hydroxyl groups is 1. The van der Waals surface area contributed by atoms with Crippen molar-refractivity contribution in [2.45, 2.75) is 45.8 Å². The molecule has 6 heteroatoms. The summed E-state index contributed by atoms with van der Waals surface area (Å²) in [5, 5.41) is 12.7. The van der Waals surface area contributed by atoms with Gasteiger partial charge in [0.05, 0.1) is 0 Å². The molecule has 0 saturated carbocycles. The summed E-state index contributed by atoms with van der Waals surface area (Å²) in [6, 6.07) is 22.3. The second kappa shape index (κ2) is 10.7.